The molecule has 3 fully saturated rings. The maximum absolute atomic E-state index is 12.4. The largest absolute Gasteiger partial charge is 0.378 e. The van der Waals surface area contributed by atoms with Crippen LogP contribution in [0.25, 0.3) is 0 Å². The fourth-order valence-electron chi connectivity index (χ4n) is 4.43. The number of hydrogen-bond acceptors (Lipinski definition) is 3. The summed E-state index contributed by atoms with van der Waals surface area (Å²) in [6.45, 7) is 3.80. The summed E-state index contributed by atoms with van der Waals surface area (Å²) in [6.07, 6.45) is 10.00. The predicted molar refractivity (Wildman–Crippen MR) is 83.1 cm³/mol. The highest BCUT2D eigenvalue weighted by Gasteiger charge is 2.35. The van der Waals surface area contributed by atoms with E-state index in [0.717, 1.165) is 38.3 Å². The fraction of sp³-hybridized carbons (Fsp3) is 0.941. The number of piperidine rings is 1. The Hall–Kier alpha value is -0.610. The number of hydrogen-bond donors (Lipinski definition) is 2. The van der Waals surface area contributed by atoms with Gasteiger partial charge in [-0.1, -0.05) is 19.8 Å². The van der Waals surface area contributed by atoms with Crippen LogP contribution in [0.4, 0.5) is 0 Å². The first-order valence-electron chi connectivity index (χ1n) is 8.93. The molecule has 3 rings (SSSR count). The smallest absolute Gasteiger partial charge is 0.237 e. The van der Waals surface area contributed by atoms with E-state index < -0.39 is 0 Å². The van der Waals surface area contributed by atoms with Gasteiger partial charge in [-0.2, -0.15) is 0 Å². The molecule has 2 saturated heterocycles. The van der Waals surface area contributed by atoms with Gasteiger partial charge in [0.2, 0.25) is 5.91 Å². The SMILES string of the molecule is CCC1OCCC1CNC(=O)C1CCC2CCCCC2N1. The molecular formula is C17H30N2O2. The summed E-state index contributed by atoms with van der Waals surface area (Å²) in [5.41, 5.74) is 0. The van der Waals surface area contributed by atoms with Crippen LogP contribution in [0.5, 0.6) is 0 Å². The Kier molecular flexibility index (Phi) is 5.17. The molecule has 0 radical (unpaired) electrons. The third-order valence-electron chi connectivity index (χ3n) is 5.75. The number of ether oxygens (including phenoxy) is 1. The lowest BCUT2D eigenvalue weighted by Crippen LogP contribution is -2.55. The lowest BCUT2D eigenvalue weighted by Gasteiger charge is -2.40. The number of carbonyl (C=O) groups is 1. The molecule has 1 aliphatic carbocycles. The van der Waals surface area contributed by atoms with Crippen LogP contribution in [0.1, 0.15) is 58.3 Å². The second kappa shape index (κ2) is 7.10. The molecular weight excluding hydrogens is 264 g/mol. The van der Waals surface area contributed by atoms with E-state index in [9.17, 15) is 4.79 Å². The Morgan fingerprint density at radius 3 is 2.90 bits per heavy atom. The molecule has 2 N–H and O–H groups in total. The van der Waals surface area contributed by atoms with Crippen LogP contribution >= 0.6 is 0 Å². The first-order valence-corrected chi connectivity index (χ1v) is 8.93. The predicted octanol–water partition coefficient (Wildman–Crippen LogP) is 2.23. The van der Waals surface area contributed by atoms with Gasteiger partial charge in [0.25, 0.3) is 0 Å². The Bertz CT molecular complexity index is 361. The zero-order valence-electron chi connectivity index (χ0n) is 13.3. The third-order valence-corrected chi connectivity index (χ3v) is 5.75. The Balaban J connectivity index is 1.45. The fourth-order valence-corrected chi connectivity index (χ4v) is 4.43. The van der Waals surface area contributed by atoms with Crippen LogP contribution < -0.4 is 10.6 Å². The molecule has 0 bridgehead atoms. The molecule has 1 saturated carbocycles. The molecule has 2 heterocycles. The van der Waals surface area contributed by atoms with Crippen molar-refractivity contribution >= 4 is 5.91 Å². The van der Waals surface area contributed by atoms with Gasteiger partial charge in [-0.15, -0.1) is 0 Å². The highest BCUT2D eigenvalue weighted by atomic mass is 16.5. The van der Waals surface area contributed by atoms with Gasteiger partial charge in [0.1, 0.15) is 0 Å². The van der Waals surface area contributed by atoms with Gasteiger partial charge in [-0.05, 0) is 44.4 Å². The minimum absolute atomic E-state index is 0.0340. The molecule has 4 heteroatoms. The van der Waals surface area contributed by atoms with E-state index in [4.69, 9.17) is 4.74 Å². The second-order valence-electron chi connectivity index (χ2n) is 7.06. The van der Waals surface area contributed by atoms with E-state index in [0.29, 0.717) is 18.1 Å². The highest BCUT2D eigenvalue weighted by Crippen LogP contribution is 2.32. The summed E-state index contributed by atoms with van der Waals surface area (Å²) >= 11 is 0. The number of amides is 1. The van der Waals surface area contributed by atoms with Gasteiger partial charge in [-0.3, -0.25) is 4.79 Å². The molecule has 4 nitrogen and oxygen atoms in total. The van der Waals surface area contributed by atoms with Crippen LogP contribution in [0.15, 0.2) is 0 Å². The van der Waals surface area contributed by atoms with Gasteiger partial charge in [0.15, 0.2) is 0 Å². The van der Waals surface area contributed by atoms with Gasteiger partial charge >= 0.3 is 0 Å². The van der Waals surface area contributed by atoms with E-state index in [1.54, 1.807) is 0 Å². The van der Waals surface area contributed by atoms with Crippen molar-refractivity contribution in [1.82, 2.24) is 10.6 Å². The maximum Gasteiger partial charge on any atom is 0.237 e. The number of nitrogens with one attached hydrogen (secondary N) is 2. The first-order chi connectivity index (χ1) is 10.3. The molecule has 1 amide bonds. The summed E-state index contributed by atoms with van der Waals surface area (Å²) in [4.78, 5) is 12.4. The normalized spacial score (nSPS) is 39.8. The summed E-state index contributed by atoms with van der Waals surface area (Å²) < 4.78 is 5.70. The minimum atomic E-state index is 0.0340. The molecule has 0 aromatic heterocycles. The quantitative estimate of drug-likeness (QED) is 0.836. The van der Waals surface area contributed by atoms with Crippen molar-refractivity contribution in [3.63, 3.8) is 0 Å². The molecule has 0 aromatic carbocycles. The van der Waals surface area contributed by atoms with Crippen molar-refractivity contribution in [2.24, 2.45) is 11.8 Å². The van der Waals surface area contributed by atoms with Gasteiger partial charge in [0, 0.05) is 25.1 Å². The van der Waals surface area contributed by atoms with Crippen molar-refractivity contribution in [3.8, 4) is 0 Å². The second-order valence-corrected chi connectivity index (χ2v) is 7.06. The third kappa shape index (κ3) is 3.59. The molecule has 5 atom stereocenters. The Morgan fingerprint density at radius 2 is 2.05 bits per heavy atom. The summed E-state index contributed by atoms with van der Waals surface area (Å²) in [5.74, 6) is 1.53. The summed E-state index contributed by atoms with van der Waals surface area (Å²) in [5, 5.41) is 6.79. The summed E-state index contributed by atoms with van der Waals surface area (Å²) in [7, 11) is 0. The van der Waals surface area contributed by atoms with E-state index >= 15 is 0 Å². The van der Waals surface area contributed by atoms with Crippen LogP contribution in [-0.2, 0) is 9.53 Å². The molecule has 3 aliphatic rings. The topological polar surface area (TPSA) is 50.4 Å². The van der Waals surface area contributed by atoms with Crippen LogP contribution in [-0.4, -0.2) is 37.2 Å². The zero-order valence-corrected chi connectivity index (χ0v) is 13.3. The Morgan fingerprint density at radius 1 is 1.19 bits per heavy atom. The molecule has 120 valence electrons. The van der Waals surface area contributed by atoms with E-state index in [1.807, 2.05) is 0 Å². The van der Waals surface area contributed by atoms with Crippen molar-refractivity contribution in [3.05, 3.63) is 0 Å². The van der Waals surface area contributed by atoms with E-state index in [2.05, 4.69) is 17.6 Å². The first kappa shape index (κ1) is 15.3. The minimum Gasteiger partial charge on any atom is -0.378 e. The molecule has 0 aromatic rings. The lowest BCUT2D eigenvalue weighted by molar-refractivity contribution is -0.124. The molecule has 5 unspecified atom stereocenters. The highest BCUT2D eigenvalue weighted by molar-refractivity contribution is 5.81. The molecule has 0 spiro atoms. The zero-order chi connectivity index (χ0) is 14.7. The summed E-state index contributed by atoms with van der Waals surface area (Å²) in [6, 6.07) is 0.619. The van der Waals surface area contributed by atoms with Gasteiger partial charge in [0.05, 0.1) is 12.1 Å². The molecule has 2 aliphatic heterocycles. The van der Waals surface area contributed by atoms with Crippen LogP contribution in [0.3, 0.4) is 0 Å². The van der Waals surface area contributed by atoms with E-state index in [1.165, 1.54) is 32.1 Å². The van der Waals surface area contributed by atoms with Crippen molar-refractivity contribution in [2.45, 2.75) is 76.5 Å². The van der Waals surface area contributed by atoms with Crippen molar-refractivity contribution < 1.29 is 9.53 Å². The number of fused-ring (bicyclic) bond motifs is 1. The van der Waals surface area contributed by atoms with E-state index in [-0.39, 0.29) is 11.9 Å². The lowest BCUT2D eigenvalue weighted by atomic mass is 9.77. The van der Waals surface area contributed by atoms with Gasteiger partial charge in [-0.25, -0.2) is 0 Å². The number of carbonyl (C=O) groups excluding carboxylic acids is 1. The standard InChI is InChI=1S/C17H30N2O2/c1-2-16-13(9-10-21-16)11-18-17(20)15-8-7-12-5-3-4-6-14(12)19-15/h12-16,19H,2-11H2,1H3,(H,18,20). The molecule has 21 heavy (non-hydrogen) atoms. The monoisotopic (exact) mass is 294 g/mol. The Labute approximate surface area is 128 Å². The average molecular weight is 294 g/mol. The van der Waals surface area contributed by atoms with Crippen LogP contribution in [0.2, 0.25) is 0 Å². The number of rotatable bonds is 4. The maximum atomic E-state index is 12.4. The van der Waals surface area contributed by atoms with Crippen molar-refractivity contribution in [2.75, 3.05) is 13.2 Å². The van der Waals surface area contributed by atoms with Crippen LogP contribution in [0, 0.1) is 11.8 Å². The van der Waals surface area contributed by atoms with Gasteiger partial charge < -0.3 is 15.4 Å². The average Bonchev–Trinajstić information content (AvgIpc) is 2.99. The van der Waals surface area contributed by atoms with Crippen molar-refractivity contribution in [1.29, 1.82) is 0 Å².